The van der Waals surface area contributed by atoms with Crippen LogP contribution in [0, 0.1) is 11.6 Å². The highest BCUT2D eigenvalue weighted by atomic mass is 35.5. The minimum absolute atomic E-state index is 0.0671. The number of anilines is 2. The zero-order valence-electron chi connectivity index (χ0n) is 10.2. The fourth-order valence-corrected chi connectivity index (χ4v) is 2.14. The number of nitrogens with zero attached hydrogens (tertiary/aromatic N) is 1. The highest BCUT2D eigenvalue weighted by Gasteiger charge is 2.07. The number of rotatable bonds is 2. The summed E-state index contributed by atoms with van der Waals surface area (Å²) in [7, 11) is 0. The van der Waals surface area contributed by atoms with Gasteiger partial charge >= 0.3 is 0 Å². The van der Waals surface area contributed by atoms with Gasteiger partial charge in [0.15, 0.2) is 0 Å². The fraction of sp³-hybridized carbons (Fsp3) is 0. The molecular formula is C15H9ClF2N2. The summed E-state index contributed by atoms with van der Waals surface area (Å²) in [6.07, 6.45) is 1.59. The largest absolute Gasteiger partial charge is 0.352 e. The van der Waals surface area contributed by atoms with Crippen LogP contribution in [0.1, 0.15) is 0 Å². The number of halogens is 3. The van der Waals surface area contributed by atoms with Crippen LogP contribution in [0.15, 0.2) is 48.7 Å². The van der Waals surface area contributed by atoms with Crippen molar-refractivity contribution in [2.45, 2.75) is 0 Å². The van der Waals surface area contributed by atoms with E-state index in [1.54, 1.807) is 30.5 Å². The zero-order chi connectivity index (χ0) is 14.1. The number of hydrogen-bond donors (Lipinski definition) is 1. The molecule has 0 spiro atoms. The van der Waals surface area contributed by atoms with E-state index < -0.39 is 11.6 Å². The smallest absolute Gasteiger partial charge is 0.146 e. The van der Waals surface area contributed by atoms with Crippen molar-refractivity contribution >= 4 is 33.9 Å². The van der Waals surface area contributed by atoms with E-state index in [0.717, 1.165) is 29.1 Å². The van der Waals surface area contributed by atoms with Gasteiger partial charge in [0.25, 0.3) is 0 Å². The van der Waals surface area contributed by atoms with Crippen LogP contribution in [0.2, 0.25) is 5.02 Å². The summed E-state index contributed by atoms with van der Waals surface area (Å²) in [5.74, 6) is -1.04. The van der Waals surface area contributed by atoms with Crippen LogP contribution in [0.3, 0.4) is 0 Å². The first-order valence-electron chi connectivity index (χ1n) is 5.90. The summed E-state index contributed by atoms with van der Waals surface area (Å²) in [6.45, 7) is 0. The van der Waals surface area contributed by atoms with Crippen molar-refractivity contribution in [3.05, 3.63) is 65.3 Å². The molecule has 1 aromatic heterocycles. The van der Waals surface area contributed by atoms with Crippen molar-refractivity contribution in [3.63, 3.8) is 0 Å². The highest BCUT2D eigenvalue weighted by molar-refractivity contribution is 6.31. The van der Waals surface area contributed by atoms with Crippen LogP contribution in [-0.4, -0.2) is 4.98 Å². The number of benzene rings is 2. The van der Waals surface area contributed by atoms with Gasteiger partial charge in [-0.25, -0.2) is 8.78 Å². The lowest BCUT2D eigenvalue weighted by Crippen LogP contribution is -1.96. The molecule has 20 heavy (non-hydrogen) atoms. The maximum atomic E-state index is 13.7. The molecule has 0 saturated heterocycles. The Labute approximate surface area is 119 Å². The fourth-order valence-electron chi connectivity index (χ4n) is 1.97. The van der Waals surface area contributed by atoms with Crippen LogP contribution in [0.4, 0.5) is 20.2 Å². The topological polar surface area (TPSA) is 24.9 Å². The number of nitrogens with one attached hydrogen (secondary N) is 1. The predicted octanol–water partition coefficient (Wildman–Crippen LogP) is 4.91. The normalized spacial score (nSPS) is 10.8. The van der Waals surface area contributed by atoms with Crippen molar-refractivity contribution < 1.29 is 8.78 Å². The van der Waals surface area contributed by atoms with Gasteiger partial charge in [-0.05, 0) is 36.4 Å². The molecule has 0 amide bonds. The van der Waals surface area contributed by atoms with E-state index in [4.69, 9.17) is 11.6 Å². The van der Waals surface area contributed by atoms with Crippen molar-refractivity contribution in [3.8, 4) is 0 Å². The average molecular weight is 291 g/mol. The van der Waals surface area contributed by atoms with Gasteiger partial charge in [-0.15, -0.1) is 0 Å². The maximum Gasteiger partial charge on any atom is 0.146 e. The van der Waals surface area contributed by atoms with Crippen molar-refractivity contribution in [1.82, 2.24) is 4.98 Å². The lowest BCUT2D eigenvalue weighted by molar-refractivity contribution is 0.603. The van der Waals surface area contributed by atoms with E-state index in [1.807, 2.05) is 0 Å². The monoisotopic (exact) mass is 290 g/mol. The van der Waals surface area contributed by atoms with Crippen LogP contribution in [0.25, 0.3) is 10.9 Å². The first kappa shape index (κ1) is 12.8. The van der Waals surface area contributed by atoms with Crippen molar-refractivity contribution in [2.24, 2.45) is 0 Å². The Morgan fingerprint density at radius 3 is 2.65 bits per heavy atom. The molecule has 1 N–H and O–H groups in total. The van der Waals surface area contributed by atoms with Crippen molar-refractivity contribution in [1.29, 1.82) is 0 Å². The van der Waals surface area contributed by atoms with E-state index >= 15 is 0 Å². The second-order valence-corrected chi connectivity index (χ2v) is 4.71. The lowest BCUT2D eigenvalue weighted by atomic mass is 10.2. The molecule has 2 nitrogen and oxygen atoms in total. The van der Waals surface area contributed by atoms with E-state index in [2.05, 4.69) is 10.3 Å². The van der Waals surface area contributed by atoms with Gasteiger partial charge in [-0.2, -0.15) is 0 Å². The van der Waals surface area contributed by atoms with Crippen LogP contribution in [-0.2, 0) is 0 Å². The Morgan fingerprint density at radius 1 is 0.950 bits per heavy atom. The molecule has 0 saturated carbocycles. The molecule has 0 fully saturated rings. The SMILES string of the molecule is Fc1ccc(F)c(Nc2ccnc3ccc(Cl)cc23)c1. The standard InChI is InChI=1S/C15H9ClF2N2/c16-9-1-4-13-11(7-9)14(5-6-19-13)20-15-8-10(17)2-3-12(15)18/h1-8H,(H,19,20). The minimum atomic E-state index is -0.529. The average Bonchev–Trinajstić information content (AvgIpc) is 2.43. The Kier molecular flexibility index (Phi) is 3.24. The first-order valence-corrected chi connectivity index (χ1v) is 6.27. The Hall–Kier alpha value is -2.20. The molecule has 0 aliphatic heterocycles. The number of fused-ring (bicyclic) bond motifs is 1. The number of pyridine rings is 1. The third-order valence-corrected chi connectivity index (χ3v) is 3.14. The molecular weight excluding hydrogens is 282 g/mol. The highest BCUT2D eigenvalue weighted by Crippen LogP contribution is 2.28. The Morgan fingerprint density at radius 2 is 1.80 bits per heavy atom. The molecule has 5 heteroatoms. The number of aromatic nitrogens is 1. The maximum absolute atomic E-state index is 13.7. The third kappa shape index (κ3) is 2.42. The Bertz CT molecular complexity index is 790. The molecule has 1 heterocycles. The van der Waals surface area contributed by atoms with Gasteiger partial charge in [-0.3, -0.25) is 4.98 Å². The van der Waals surface area contributed by atoms with Crippen LogP contribution in [0.5, 0.6) is 0 Å². The molecule has 100 valence electrons. The van der Waals surface area contributed by atoms with Gasteiger partial charge < -0.3 is 5.32 Å². The molecule has 2 aromatic carbocycles. The van der Waals surface area contributed by atoms with Crippen molar-refractivity contribution in [2.75, 3.05) is 5.32 Å². The molecule has 0 aliphatic rings. The van der Waals surface area contributed by atoms with E-state index in [0.29, 0.717) is 10.7 Å². The van der Waals surface area contributed by atoms with E-state index in [-0.39, 0.29) is 5.69 Å². The van der Waals surface area contributed by atoms with Gasteiger partial charge in [0, 0.05) is 28.4 Å². The molecule has 0 radical (unpaired) electrons. The first-order chi connectivity index (χ1) is 9.63. The summed E-state index contributed by atoms with van der Waals surface area (Å²) < 4.78 is 26.9. The van der Waals surface area contributed by atoms with E-state index in [1.165, 1.54) is 0 Å². The molecule has 0 unspecified atom stereocenters. The second kappa shape index (κ2) is 5.06. The molecule has 0 atom stereocenters. The summed E-state index contributed by atoms with van der Waals surface area (Å²) in [5, 5.41) is 4.16. The molecule has 0 bridgehead atoms. The minimum Gasteiger partial charge on any atom is -0.352 e. The summed E-state index contributed by atoms with van der Waals surface area (Å²) >= 11 is 5.96. The summed E-state index contributed by atoms with van der Waals surface area (Å²) in [4.78, 5) is 4.20. The van der Waals surface area contributed by atoms with Gasteiger partial charge in [0.05, 0.1) is 11.2 Å². The molecule has 3 rings (SSSR count). The lowest BCUT2D eigenvalue weighted by Gasteiger charge is -2.10. The molecule has 0 aliphatic carbocycles. The summed E-state index contributed by atoms with van der Waals surface area (Å²) in [5.41, 5.74) is 1.40. The van der Waals surface area contributed by atoms with Gasteiger partial charge in [0.1, 0.15) is 11.6 Å². The van der Waals surface area contributed by atoms with Gasteiger partial charge in [-0.1, -0.05) is 11.6 Å². The zero-order valence-corrected chi connectivity index (χ0v) is 11.0. The quantitative estimate of drug-likeness (QED) is 0.725. The van der Waals surface area contributed by atoms with Crippen LogP contribution < -0.4 is 5.32 Å². The number of hydrogen-bond acceptors (Lipinski definition) is 2. The Balaban J connectivity index is 2.10. The van der Waals surface area contributed by atoms with Gasteiger partial charge in [0.2, 0.25) is 0 Å². The second-order valence-electron chi connectivity index (χ2n) is 4.27. The predicted molar refractivity (Wildman–Crippen MR) is 76.4 cm³/mol. The molecule has 3 aromatic rings. The van der Waals surface area contributed by atoms with E-state index in [9.17, 15) is 8.78 Å². The van der Waals surface area contributed by atoms with Crippen LogP contribution >= 0.6 is 11.6 Å². The summed E-state index contributed by atoms with van der Waals surface area (Å²) in [6, 6.07) is 10.2. The third-order valence-electron chi connectivity index (χ3n) is 2.90.